The van der Waals surface area contributed by atoms with E-state index in [4.69, 9.17) is 14.9 Å². The summed E-state index contributed by atoms with van der Waals surface area (Å²) in [7, 11) is 0. The molecule has 2 aliphatic rings. The summed E-state index contributed by atoms with van der Waals surface area (Å²) < 4.78 is 31.7. The number of aromatic nitrogens is 3. The average Bonchev–Trinajstić information content (AvgIpc) is 3.06. The highest BCUT2D eigenvalue weighted by molar-refractivity contribution is 5.73. The Morgan fingerprint density at radius 1 is 1.12 bits per heavy atom. The van der Waals surface area contributed by atoms with Crippen molar-refractivity contribution in [2.24, 2.45) is 0 Å². The first-order chi connectivity index (χ1) is 11.4. The zero-order chi connectivity index (χ0) is 17.6. The third kappa shape index (κ3) is 5.45. The molecule has 0 radical (unpaired) electrons. The maximum Gasteiger partial charge on any atom is 0.490 e. The van der Waals surface area contributed by atoms with Gasteiger partial charge >= 0.3 is 12.1 Å². The molecule has 10 heteroatoms. The molecule has 7 nitrogen and oxygen atoms in total. The number of alkyl halides is 3. The summed E-state index contributed by atoms with van der Waals surface area (Å²) in [6, 6.07) is 0.395. The van der Waals surface area contributed by atoms with Crippen molar-refractivity contribution < 1.29 is 23.1 Å². The molecule has 1 aromatic rings. The number of H-pyrrole nitrogens is 1. The van der Waals surface area contributed by atoms with Crippen LogP contribution in [0.2, 0.25) is 0 Å². The second-order valence-electron chi connectivity index (χ2n) is 5.91. The van der Waals surface area contributed by atoms with E-state index in [9.17, 15) is 13.2 Å². The maximum absolute atomic E-state index is 10.6. The summed E-state index contributed by atoms with van der Waals surface area (Å²) in [6.07, 6.45) is 0.998. The van der Waals surface area contributed by atoms with E-state index >= 15 is 0 Å². The summed E-state index contributed by atoms with van der Waals surface area (Å²) in [4.78, 5) is 13.6. The van der Waals surface area contributed by atoms with Gasteiger partial charge in [0.1, 0.15) is 5.82 Å². The third-order valence-electron chi connectivity index (χ3n) is 4.11. The minimum Gasteiger partial charge on any atom is -0.475 e. The highest BCUT2D eigenvalue weighted by atomic mass is 19.4. The van der Waals surface area contributed by atoms with Crippen molar-refractivity contribution in [3.63, 3.8) is 0 Å². The number of carboxylic acids is 1. The molecule has 3 heterocycles. The lowest BCUT2D eigenvalue weighted by Crippen LogP contribution is -2.28. The molecule has 0 amide bonds. The monoisotopic (exact) mass is 349 g/mol. The molecule has 24 heavy (non-hydrogen) atoms. The second kappa shape index (κ2) is 8.43. The molecule has 1 unspecified atom stereocenters. The molecule has 0 saturated carbocycles. The second-order valence-corrected chi connectivity index (χ2v) is 5.91. The summed E-state index contributed by atoms with van der Waals surface area (Å²) in [6.45, 7) is 3.29. The fourth-order valence-electron chi connectivity index (χ4n) is 2.79. The van der Waals surface area contributed by atoms with Gasteiger partial charge in [-0.15, -0.1) is 0 Å². The standard InChI is InChI=1S/C12H21N5.C2HF3O2/c1-2-6-14-10(3-1)12-15-11(16-17-12)9-4-7-13-8-5-9;3-2(4,5)1(6)7/h9-10,13-14H,1-8H2,(H,15,16,17);(H,6,7). The molecule has 0 bridgehead atoms. The van der Waals surface area contributed by atoms with E-state index < -0.39 is 12.1 Å². The molecule has 0 spiro atoms. The topological polar surface area (TPSA) is 103 Å². The first kappa shape index (κ1) is 18.7. The molecule has 0 aromatic carbocycles. The molecule has 2 saturated heterocycles. The molecule has 2 aliphatic heterocycles. The SMILES string of the molecule is C1CCC(c2nc(C3CCNCC3)n[nH]2)NC1.O=C(O)C(F)(F)F. The normalized spacial score (nSPS) is 22.5. The Labute approximate surface area is 137 Å². The molecule has 136 valence electrons. The van der Waals surface area contributed by atoms with Gasteiger partial charge in [0.15, 0.2) is 5.82 Å². The first-order valence-corrected chi connectivity index (χ1v) is 8.04. The predicted molar refractivity (Wildman–Crippen MR) is 79.5 cm³/mol. The van der Waals surface area contributed by atoms with Crippen LogP contribution >= 0.6 is 0 Å². The lowest BCUT2D eigenvalue weighted by molar-refractivity contribution is -0.192. The zero-order valence-corrected chi connectivity index (χ0v) is 13.2. The number of nitrogens with zero attached hydrogens (tertiary/aromatic N) is 2. The predicted octanol–water partition coefficient (Wildman–Crippen LogP) is 1.72. The minimum atomic E-state index is -5.08. The Morgan fingerprint density at radius 2 is 1.79 bits per heavy atom. The number of piperidine rings is 2. The highest BCUT2D eigenvalue weighted by Crippen LogP contribution is 2.25. The van der Waals surface area contributed by atoms with Gasteiger partial charge in [-0.3, -0.25) is 5.10 Å². The Bertz CT molecular complexity index is 490. The van der Waals surface area contributed by atoms with Crippen LogP contribution in [-0.2, 0) is 4.79 Å². The van der Waals surface area contributed by atoms with Crippen LogP contribution in [0.5, 0.6) is 0 Å². The van der Waals surface area contributed by atoms with Crippen LogP contribution in [0.4, 0.5) is 13.2 Å². The zero-order valence-electron chi connectivity index (χ0n) is 13.2. The van der Waals surface area contributed by atoms with Gasteiger partial charge in [-0.05, 0) is 45.3 Å². The third-order valence-corrected chi connectivity index (χ3v) is 4.11. The van der Waals surface area contributed by atoms with E-state index in [0.717, 1.165) is 44.1 Å². The molecule has 2 fully saturated rings. The minimum absolute atomic E-state index is 0.395. The Kier molecular flexibility index (Phi) is 6.55. The van der Waals surface area contributed by atoms with Gasteiger partial charge < -0.3 is 15.7 Å². The lowest BCUT2D eigenvalue weighted by atomic mass is 9.97. The van der Waals surface area contributed by atoms with E-state index in [0.29, 0.717) is 12.0 Å². The Morgan fingerprint density at radius 3 is 2.33 bits per heavy atom. The van der Waals surface area contributed by atoms with Crippen molar-refractivity contribution in [1.29, 1.82) is 0 Å². The lowest BCUT2D eigenvalue weighted by Gasteiger charge is -2.21. The molecule has 1 atom stereocenters. The van der Waals surface area contributed by atoms with E-state index in [2.05, 4.69) is 20.8 Å². The smallest absolute Gasteiger partial charge is 0.475 e. The first-order valence-electron chi connectivity index (χ1n) is 8.04. The van der Waals surface area contributed by atoms with Gasteiger partial charge in [0.05, 0.1) is 6.04 Å². The summed E-state index contributed by atoms with van der Waals surface area (Å²) in [5, 5.41) is 21.5. The number of hydrogen-bond donors (Lipinski definition) is 4. The number of aliphatic carboxylic acids is 1. The molecule has 1 aromatic heterocycles. The fourth-order valence-corrected chi connectivity index (χ4v) is 2.79. The van der Waals surface area contributed by atoms with E-state index in [1.165, 1.54) is 19.3 Å². The van der Waals surface area contributed by atoms with E-state index in [-0.39, 0.29) is 0 Å². The molecular weight excluding hydrogens is 327 g/mol. The largest absolute Gasteiger partial charge is 0.490 e. The van der Waals surface area contributed by atoms with E-state index in [1.54, 1.807) is 0 Å². The van der Waals surface area contributed by atoms with Crippen LogP contribution in [0.15, 0.2) is 0 Å². The van der Waals surface area contributed by atoms with Crippen molar-refractivity contribution in [2.45, 2.75) is 50.2 Å². The molecule has 4 N–H and O–H groups in total. The molecular formula is C14H22F3N5O2. The Hall–Kier alpha value is -1.68. The Balaban J connectivity index is 0.000000256. The fraction of sp³-hybridized carbons (Fsp3) is 0.786. The van der Waals surface area contributed by atoms with E-state index in [1.807, 2.05) is 0 Å². The number of rotatable bonds is 2. The van der Waals surface area contributed by atoms with Gasteiger partial charge in [0.2, 0.25) is 0 Å². The van der Waals surface area contributed by atoms with Crippen LogP contribution < -0.4 is 10.6 Å². The van der Waals surface area contributed by atoms with Crippen LogP contribution in [0.1, 0.15) is 55.7 Å². The van der Waals surface area contributed by atoms with Crippen molar-refractivity contribution in [1.82, 2.24) is 25.8 Å². The maximum atomic E-state index is 10.6. The van der Waals surface area contributed by atoms with Crippen molar-refractivity contribution in [3.8, 4) is 0 Å². The average molecular weight is 349 g/mol. The van der Waals surface area contributed by atoms with Gasteiger partial charge in [-0.2, -0.15) is 18.3 Å². The molecule has 0 aliphatic carbocycles. The number of nitrogens with one attached hydrogen (secondary N) is 3. The molecule has 3 rings (SSSR count). The van der Waals surface area contributed by atoms with Gasteiger partial charge in [0, 0.05) is 5.92 Å². The van der Waals surface area contributed by atoms with Gasteiger partial charge in [-0.1, -0.05) is 6.42 Å². The number of halogens is 3. The van der Waals surface area contributed by atoms with Crippen LogP contribution in [0.25, 0.3) is 0 Å². The number of hydrogen-bond acceptors (Lipinski definition) is 5. The quantitative estimate of drug-likeness (QED) is 0.648. The number of carboxylic acid groups (broad SMARTS) is 1. The summed E-state index contributed by atoms with van der Waals surface area (Å²) in [5.74, 6) is -0.149. The van der Waals surface area contributed by atoms with Crippen molar-refractivity contribution >= 4 is 5.97 Å². The number of aromatic amines is 1. The summed E-state index contributed by atoms with van der Waals surface area (Å²) in [5.41, 5.74) is 0. The van der Waals surface area contributed by atoms with Crippen LogP contribution in [0.3, 0.4) is 0 Å². The number of carbonyl (C=O) groups is 1. The van der Waals surface area contributed by atoms with Crippen molar-refractivity contribution in [2.75, 3.05) is 19.6 Å². The van der Waals surface area contributed by atoms with Crippen molar-refractivity contribution in [3.05, 3.63) is 11.6 Å². The van der Waals surface area contributed by atoms with Gasteiger partial charge in [-0.25, -0.2) is 9.78 Å². The van der Waals surface area contributed by atoms with Gasteiger partial charge in [0.25, 0.3) is 0 Å². The highest BCUT2D eigenvalue weighted by Gasteiger charge is 2.38. The van der Waals surface area contributed by atoms with Crippen LogP contribution in [-0.4, -0.2) is 52.1 Å². The van der Waals surface area contributed by atoms with Crippen LogP contribution in [0, 0.1) is 0 Å². The summed E-state index contributed by atoms with van der Waals surface area (Å²) >= 11 is 0.